The van der Waals surface area contributed by atoms with Crippen LogP contribution in [-0.4, -0.2) is 5.78 Å². The van der Waals surface area contributed by atoms with Gasteiger partial charge in [0, 0.05) is 0 Å². The van der Waals surface area contributed by atoms with E-state index in [2.05, 4.69) is 31.9 Å². The Morgan fingerprint density at radius 3 is 2.27 bits per heavy atom. The van der Waals surface area contributed by atoms with Gasteiger partial charge in [-0.15, -0.1) is 11.3 Å². The fourth-order valence-electron chi connectivity index (χ4n) is 0.624. The van der Waals surface area contributed by atoms with Crippen molar-refractivity contribution in [1.29, 1.82) is 0 Å². The molecule has 0 bridgehead atoms. The van der Waals surface area contributed by atoms with E-state index in [0.29, 0.717) is 15.0 Å². The van der Waals surface area contributed by atoms with Crippen LogP contribution >= 0.6 is 43.2 Å². The van der Waals surface area contributed by atoms with Crippen LogP contribution in [0.1, 0.15) is 16.6 Å². The summed E-state index contributed by atoms with van der Waals surface area (Å²) in [5, 5.41) is 0. The van der Waals surface area contributed by atoms with Gasteiger partial charge in [0.25, 0.3) is 0 Å². The topological polar surface area (TPSA) is 43.1 Å². The summed E-state index contributed by atoms with van der Waals surface area (Å²) in [5.41, 5.74) is 6.20. The molecular weight excluding hydrogens is 294 g/mol. The predicted octanol–water partition coefficient (Wildman–Crippen LogP) is 3.06. The molecule has 2 nitrogen and oxygen atoms in total. The molecule has 0 unspecified atom stereocenters. The Hall–Kier alpha value is 0.130. The van der Waals surface area contributed by atoms with E-state index >= 15 is 0 Å². The highest BCUT2D eigenvalue weighted by atomic mass is 79.9. The van der Waals surface area contributed by atoms with Gasteiger partial charge in [-0.25, -0.2) is 0 Å². The van der Waals surface area contributed by atoms with Crippen LogP contribution in [-0.2, 0) is 0 Å². The smallest absolute Gasteiger partial charge is 0.170 e. The number of carbonyl (C=O) groups is 1. The number of ketones is 1. The molecule has 11 heavy (non-hydrogen) atoms. The van der Waals surface area contributed by atoms with Crippen LogP contribution in [0.25, 0.3) is 0 Å². The van der Waals surface area contributed by atoms with Crippen molar-refractivity contribution in [2.24, 2.45) is 0 Å². The number of halogens is 2. The Morgan fingerprint density at radius 1 is 1.55 bits per heavy atom. The van der Waals surface area contributed by atoms with Crippen molar-refractivity contribution in [3.8, 4) is 0 Å². The Balaban J connectivity index is 3.29. The second kappa shape index (κ2) is 3.25. The molecule has 1 aromatic rings. The first-order chi connectivity index (χ1) is 5.04. The molecule has 0 saturated heterocycles. The van der Waals surface area contributed by atoms with Crippen LogP contribution in [0.15, 0.2) is 8.26 Å². The molecule has 5 heteroatoms. The van der Waals surface area contributed by atoms with Crippen molar-refractivity contribution in [2.45, 2.75) is 6.92 Å². The van der Waals surface area contributed by atoms with Crippen LogP contribution in [0.4, 0.5) is 5.69 Å². The molecule has 0 aliphatic rings. The van der Waals surface area contributed by atoms with Gasteiger partial charge in [0.15, 0.2) is 5.78 Å². The van der Waals surface area contributed by atoms with Crippen molar-refractivity contribution in [2.75, 3.05) is 5.73 Å². The van der Waals surface area contributed by atoms with Gasteiger partial charge >= 0.3 is 0 Å². The van der Waals surface area contributed by atoms with E-state index in [-0.39, 0.29) is 5.78 Å². The van der Waals surface area contributed by atoms with E-state index in [4.69, 9.17) is 5.73 Å². The number of anilines is 1. The second-order valence-electron chi connectivity index (χ2n) is 1.99. The first-order valence-electron chi connectivity index (χ1n) is 2.78. The highest BCUT2D eigenvalue weighted by molar-refractivity contribution is 9.11. The van der Waals surface area contributed by atoms with E-state index in [1.807, 2.05) is 0 Å². The van der Waals surface area contributed by atoms with Gasteiger partial charge in [0.2, 0.25) is 0 Å². The Labute approximate surface area is 85.0 Å². The third kappa shape index (κ3) is 1.65. The zero-order chi connectivity index (χ0) is 8.59. The average Bonchev–Trinajstić information content (AvgIpc) is 2.17. The molecule has 0 spiro atoms. The molecule has 0 radical (unpaired) electrons. The monoisotopic (exact) mass is 297 g/mol. The molecule has 0 aliphatic carbocycles. The third-order valence-electron chi connectivity index (χ3n) is 1.16. The first kappa shape index (κ1) is 9.22. The molecule has 0 fully saturated rings. The molecule has 0 atom stereocenters. The Morgan fingerprint density at radius 2 is 2.09 bits per heavy atom. The zero-order valence-corrected chi connectivity index (χ0v) is 9.64. The molecule has 60 valence electrons. The van der Waals surface area contributed by atoms with Gasteiger partial charge in [-0.3, -0.25) is 4.79 Å². The Kier molecular flexibility index (Phi) is 2.72. The fourth-order valence-corrected chi connectivity index (χ4v) is 3.16. The number of rotatable bonds is 1. The van der Waals surface area contributed by atoms with Crippen LogP contribution in [0.2, 0.25) is 0 Å². The number of carbonyl (C=O) groups excluding carboxylic acids is 1. The summed E-state index contributed by atoms with van der Waals surface area (Å²) < 4.78 is 1.50. The lowest BCUT2D eigenvalue weighted by Gasteiger charge is -1.89. The van der Waals surface area contributed by atoms with Gasteiger partial charge in [-0.05, 0) is 38.8 Å². The van der Waals surface area contributed by atoms with Crippen molar-refractivity contribution in [3.63, 3.8) is 0 Å². The van der Waals surface area contributed by atoms with Crippen LogP contribution in [0.3, 0.4) is 0 Å². The predicted molar refractivity (Wildman–Crippen MR) is 54.1 cm³/mol. The van der Waals surface area contributed by atoms with Gasteiger partial charge in [0.05, 0.1) is 18.8 Å². The van der Waals surface area contributed by atoms with Crippen LogP contribution in [0, 0.1) is 0 Å². The fraction of sp³-hybridized carbons (Fsp3) is 0.167. The van der Waals surface area contributed by atoms with Crippen molar-refractivity contribution in [3.05, 3.63) is 13.1 Å². The van der Waals surface area contributed by atoms with Gasteiger partial charge < -0.3 is 5.73 Å². The summed E-state index contributed by atoms with van der Waals surface area (Å²) >= 11 is 7.83. The maximum atomic E-state index is 10.9. The first-order valence-corrected chi connectivity index (χ1v) is 5.18. The van der Waals surface area contributed by atoms with Gasteiger partial charge in [-0.1, -0.05) is 0 Å². The van der Waals surface area contributed by atoms with Gasteiger partial charge in [-0.2, -0.15) is 0 Å². The van der Waals surface area contributed by atoms with Crippen molar-refractivity contribution < 1.29 is 4.79 Å². The Bertz CT molecular complexity index is 308. The van der Waals surface area contributed by atoms with Gasteiger partial charge in [0.1, 0.15) is 0 Å². The lowest BCUT2D eigenvalue weighted by atomic mass is 10.3. The van der Waals surface area contributed by atoms with E-state index in [1.165, 1.54) is 18.3 Å². The normalized spacial score (nSPS) is 10.1. The quantitative estimate of drug-likeness (QED) is 0.810. The summed E-state index contributed by atoms with van der Waals surface area (Å²) in [7, 11) is 0. The maximum Gasteiger partial charge on any atom is 0.170 e. The largest absolute Gasteiger partial charge is 0.396 e. The molecule has 1 heterocycles. The summed E-state index contributed by atoms with van der Waals surface area (Å²) in [6.07, 6.45) is 0. The van der Waals surface area contributed by atoms with E-state index < -0.39 is 0 Å². The van der Waals surface area contributed by atoms with Crippen LogP contribution < -0.4 is 5.73 Å². The number of hydrogen-bond acceptors (Lipinski definition) is 3. The number of thiophene rings is 1. The standard InChI is InChI=1S/C6H5Br2NOS/c1-2(10)5-3(7)4(9)6(8)11-5/h9H2,1H3. The highest BCUT2D eigenvalue weighted by Crippen LogP contribution is 2.39. The van der Waals surface area contributed by atoms with E-state index in [9.17, 15) is 4.79 Å². The minimum Gasteiger partial charge on any atom is -0.396 e. The molecule has 0 aliphatic heterocycles. The third-order valence-corrected chi connectivity index (χ3v) is 4.25. The lowest BCUT2D eigenvalue weighted by molar-refractivity contribution is 0.102. The number of hydrogen-bond donors (Lipinski definition) is 1. The zero-order valence-electron chi connectivity index (χ0n) is 5.65. The summed E-state index contributed by atoms with van der Waals surface area (Å²) in [6.45, 7) is 1.52. The van der Waals surface area contributed by atoms with Crippen molar-refractivity contribution in [1.82, 2.24) is 0 Å². The summed E-state index contributed by atoms with van der Waals surface area (Å²) in [5.74, 6) is 0.0271. The van der Waals surface area contributed by atoms with Crippen molar-refractivity contribution >= 4 is 54.7 Å². The SMILES string of the molecule is CC(=O)c1sc(Br)c(N)c1Br. The van der Waals surface area contributed by atoms with E-state index in [1.54, 1.807) is 0 Å². The summed E-state index contributed by atoms with van der Waals surface area (Å²) in [6, 6.07) is 0. The van der Waals surface area contributed by atoms with E-state index in [0.717, 1.165) is 3.79 Å². The number of nitrogen functional groups attached to an aromatic ring is 1. The maximum absolute atomic E-state index is 10.9. The highest BCUT2D eigenvalue weighted by Gasteiger charge is 2.14. The number of nitrogens with two attached hydrogens (primary N) is 1. The minimum atomic E-state index is 0.0271. The molecular formula is C6H5Br2NOS. The summed E-state index contributed by atoms with van der Waals surface area (Å²) in [4.78, 5) is 11.6. The molecule has 0 amide bonds. The number of Topliss-reactive ketones (excluding diaryl/α,β-unsaturated/α-hetero) is 1. The molecule has 0 aromatic carbocycles. The molecule has 1 aromatic heterocycles. The minimum absolute atomic E-state index is 0.0271. The van der Waals surface area contributed by atoms with Crippen LogP contribution in [0.5, 0.6) is 0 Å². The molecule has 1 rings (SSSR count). The molecule has 0 saturated carbocycles. The molecule has 2 N–H and O–H groups in total. The second-order valence-corrected chi connectivity index (χ2v) is 5.12. The lowest BCUT2D eigenvalue weighted by Crippen LogP contribution is -1.89. The average molecular weight is 299 g/mol.